The lowest BCUT2D eigenvalue weighted by molar-refractivity contribution is -0.119. The summed E-state index contributed by atoms with van der Waals surface area (Å²) in [6.07, 6.45) is 2.97. The molecule has 0 bridgehead atoms. The van der Waals surface area contributed by atoms with Gasteiger partial charge in [-0.25, -0.2) is 17.5 Å². The molecule has 4 aromatic rings. The van der Waals surface area contributed by atoms with Crippen molar-refractivity contribution in [1.82, 2.24) is 34.0 Å². The number of Topliss-reactive ketones (excluding diaryl/α,β-unsaturated/α-hetero) is 1. The van der Waals surface area contributed by atoms with E-state index in [0.29, 0.717) is 6.54 Å². The second-order valence-corrected chi connectivity index (χ2v) is 10.9. The summed E-state index contributed by atoms with van der Waals surface area (Å²) in [4.78, 5) is 15.3. The van der Waals surface area contributed by atoms with Crippen molar-refractivity contribution in [3.63, 3.8) is 0 Å². The van der Waals surface area contributed by atoms with Crippen LogP contribution in [0.2, 0.25) is 0 Å². The van der Waals surface area contributed by atoms with E-state index >= 15 is 0 Å². The topological polar surface area (TPSA) is 106 Å². The SMILES string of the molecule is CC(=O)CN1CCN(S(=O)(=O)c2cnn(C)n2)C[C@@H]1c1cc2cnn(-c3ccc(F)cc3)c2cc1C. The van der Waals surface area contributed by atoms with Gasteiger partial charge in [0.2, 0.25) is 5.03 Å². The van der Waals surface area contributed by atoms with Gasteiger partial charge in [-0.3, -0.25) is 9.69 Å². The highest BCUT2D eigenvalue weighted by atomic mass is 32.2. The highest BCUT2D eigenvalue weighted by Gasteiger charge is 2.37. The Bertz CT molecular complexity index is 1550. The number of fused-ring (bicyclic) bond motifs is 1. The van der Waals surface area contributed by atoms with Crippen LogP contribution in [0.3, 0.4) is 0 Å². The van der Waals surface area contributed by atoms with Crippen molar-refractivity contribution in [3.8, 4) is 5.69 Å². The van der Waals surface area contributed by atoms with Crippen LogP contribution in [0.4, 0.5) is 4.39 Å². The van der Waals surface area contributed by atoms with Crippen LogP contribution in [-0.2, 0) is 21.9 Å². The zero-order valence-electron chi connectivity index (χ0n) is 20.2. The van der Waals surface area contributed by atoms with E-state index < -0.39 is 10.0 Å². The van der Waals surface area contributed by atoms with E-state index in [9.17, 15) is 17.6 Å². The molecule has 36 heavy (non-hydrogen) atoms. The first-order chi connectivity index (χ1) is 17.1. The molecule has 12 heteroatoms. The number of aromatic nitrogens is 5. The predicted octanol–water partition coefficient (Wildman–Crippen LogP) is 2.24. The van der Waals surface area contributed by atoms with E-state index in [1.54, 1.807) is 30.1 Å². The average molecular weight is 512 g/mol. The Morgan fingerprint density at radius 2 is 1.86 bits per heavy atom. The lowest BCUT2D eigenvalue weighted by atomic mass is 9.96. The molecular weight excluding hydrogens is 485 g/mol. The van der Waals surface area contributed by atoms with E-state index in [1.807, 2.05) is 24.0 Å². The van der Waals surface area contributed by atoms with Crippen LogP contribution in [0.5, 0.6) is 0 Å². The van der Waals surface area contributed by atoms with Crippen LogP contribution in [-0.4, -0.2) is 74.4 Å². The van der Waals surface area contributed by atoms with Gasteiger partial charge >= 0.3 is 0 Å². The summed E-state index contributed by atoms with van der Waals surface area (Å²) in [6, 6.07) is 9.74. The van der Waals surface area contributed by atoms with E-state index in [1.165, 1.54) is 34.4 Å². The summed E-state index contributed by atoms with van der Waals surface area (Å²) in [7, 11) is -2.28. The monoisotopic (exact) mass is 511 g/mol. The fourth-order valence-corrected chi connectivity index (χ4v) is 6.03. The summed E-state index contributed by atoms with van der Waals surface area (Å²) in [5.74, 6) is -0.314. The van der Waals surface area contributed by atoms with Gasteiger partial charge in [-0.1, -0.05) is 0 Å². The normalized spacial score (nSPS) is 17.6. The Morgan fingerprint density at radius 3 is 2.53 bits per heavy atom. The Balaban J connectivity index is 1.54. The smallest absolute Gasteiger partial charge is 0.264 e. The Morgan fingerprint density at radius 1 is 1.11 bits per heavy atom. The molecule has 0 saturated carbocycles. The van der Waals surface area contributed by atoms with Gasteiger partial charge in [0, 0.05) is 38.1 Å². The Labute approximate surface area is 208 Å². The number of hydrogen-bond donors (Lipinski definition) is 0. The minimum atomic E-state index is -3.84. The molecule has 1 saturated heterocycles. The molecule has 0 unspecified atom stereocenters. The van der Waals surface area contributed by atoms with Gasteiger partial charge in [-0.05, 0) is 61.4 Å². The lowest BCUT2D eigenvalue weighted by Crippen LogP contribution is -2.51. The molecule has 188 valence electrons. The van der Waals surface area contributed by atoms with E-state index in [4.69, 9.17) is 0 Å². The third-order valence-corrected chi connectivity index (χ3v) is 8.18. The minimum absolute atomic E-state index is 0.00749. The standard InChI is InChI=1S/C24H26FN7O3S/c1-16-10-22-18(12-27-32(22)20-6-4-19(25)5-7-20)11-21(16)23-15-31(9-8-30(23)14-17(2)33)36(34,35)24-13-26-29(3)28-24/h4-7,10-13,23H,8-9,14-15H2,1-3H3/t23-/m1/s1. The van der Waals surface area contributed by atoms with E-state index in [0.717, 1.165) is 27.7 Å². The zero-order chi connectivity index (χ0) is 25.6. The molecule has 10 nitrogen and oxygen atoms in total. The van der Waals surface area contributed by atoms with Crippen LogP contribution in [0, 0.1) is 12.7 Å². The van der Waals surface area contributed by atoms with Crippen LogP contribution >= 0.6 is 0 Å². The summed E-state index contributed by atoms with van der Waals surface area (Å²) >= 11 is 0. The molecule has 0 spiro atoms. The van der Waals surface area contributed by atoms with Crippen molar-refractivity contribution >= 4 is 26.7 Å². The molecule has 0 radical (unpaired) electrons. The molecule has 0 amide bonds. The largest absolute Gasteiger partial charge is 0.299 e. The number of benzene rings is 2. The van der Waals surface area contributed by atoms with E-state index in [-0.39, 0.29) is 42.3 Å². The molecule has 0 aliphatic carbocycles. The molecule has 1 atom stereocenters. The van der Waals surface area contributed by atoms with Crippen LogP contribution in [0.25, 0.3) is 16.6 Å². The minimum Gasteiger partial charge on any atom is -0.299 e. The Kier molecular flexibility index (Phi) is 6.18. The second kappa shape index (κ2) is 9.19. The van der Waals surface area contributed by atoms with Crippen LogP contribution in [0.1, 0.15) is 24.1 Å². The van der Waals surface area contributed by atoms with Crippen molar-refractivity contribution < 1.29 is 17.6 Å². The lowest BCUT2D eigenvalue weighted by Gasteiger charge is -2.40. The van der Waals surface area contributed by atoms with Crippen molar-refractivity contribution in [1.29, 1.82) is 0 Å². The molecule has 2 aromatic heterocycles. The number of aryl methyl sites for hydroxylation is 2. The van der Waals surface area contributed by atoms with Crippen LogP contribution < -0.4 is 0 Å². The molecule has 1 aliphatic heterocycles. The van der Waals surface area contributed by atoms with Crippen molar-refractivity contribution in [2.75, 3.05) is 26.2 Å². The fraction of sp³-hybridized carbons (Fsp3) is 0.333. The Hall–Kier alpha value is -3.48. The summed E-state index contributed by atoms with van der Waals surface area (Å²) in [5, 5.41) is 13.1. The number of nitrogens with zero attached hydrogens (tertiary/aromatic N) is 7. The maximum absolute atomic E-state index is 13.4. The van der Waals surface area contributed by atoms with E-state index in [2.05, 4.69) is 15.3 Å². The number of hydrogen-bond acceptors (Lipinski definition) is 7. The summed E-state index contributed by atoms with van der Waals surface area (Å²) < 4.78 is 43.1. The van der Waals surface area contributed by atoms with Crippen molar-refractivity contribution in [3.05, 3.63) is 65.7 Å². The maximum atomic E-state index is 13.4. The molecule has 0 N–H and O–H groups in total. The third kappa shape index (κ3) is 4.43. The second-order valence-electron chi connectivity index (χ2n) is 9.02. The zero-order valence-corrected chi connectivity index (χ0v) is 21.0. The van der Waals surface area contributed by atoms with Gasteiger partial charge in [-0.2, -0.15) is 19.3 Å². The van der Waals surface area contributed by atoms with Gasteiger partial charge in [0.15, 0.2) is 0 Å². The first-order valence-corrected chi connectivity index (χ1v) is 12.9. The molecular formula is C24H26FN7O3S. The number of carbonyl (C=O) groups excluding carboxylic acids is 1. The molecule has 1 aliphatic rings. The molecule has 3 heterocycles. The number of sulfonamides is 1. The van der Waals surface area contributed by atoms with Crippen LogP contribution in [0.15, 0.2) is 53.8 Å². The van der Waals surface area contributed by atoms with Gasteiger partial charge in [-0.15, -0.1) is 5.10 Å². The maximum Gasteiger partial charge on any atom is 0.264 e. The number of rotatable bonds is 6. The predicted molar refractivity (Wildman–Crippen MR) is 131 cm³/mol. The first kappa shape index (κ1) is 24.2. The van der Waals surface area contributed by atoms with Crippen molar-refractivity contribution in [2.24, 2.45) is 7.05 Å². The number of halogens is 1. The van der Waals surface area contributed by atoms with Gasteiger partial charge in [0.1, 0.15) is 11.6 Å². The van der Waals surface area contributed by atoms with Gasteiger partial charge in [0.05, 0.1) is 30.1 Å². The number of carbonyl (C=O) groups is 1. The average Bonchev–Trinajstić information content (AvgIpc) is 3.45. The molecule has 1 fully saturated rings. The number of ketones is 1. The summed E-state index contributed by atoms with van der Waals surface area (Å²) in [5.41, 5.74) is 3.43. The van der Waals surface area contributed by atoms with Crippen molar-refractivity contribution in [2.45, 2.75) is 24.9 Å². The highest BCUT2D eigenvalue weighted by Crippen LogP contribution is 2.33. The molecule has 5 rings (SSSR count). The highest BCUT2D eigenvalue weighted by molar-refractivity contribution is 7.89. The first-order valence-electron chi connectivity index (χ1n) is 11.5. The fourth-order valence-electron chi connectivity index (χ4n) is 4.70. The molecule has 2 aromatic carbocycles. The third-order valence-electron chi connectivity index (χ3n) is 6.45. The van der Waals surface area contributed by atoms with Gasteiger partial charge < -0.3 is 0 Å². The number of piperazine rings is 1. The summed E-state index contributed by atoms with van der Waals surface area (Å²) in [6.45, 7) is 4.52. The van der Waals surface area contributed by atoms with Gasteiger partial charge in [0.25, 0.3) is 10.0 Å². The quantitative estimate of drug-likeness (QED) is 0.391.